The van der Waals surface area contributed by atoms with E-state index in [0.29, 0.717) is 5.92 Å². The predicted molar refractivity (Wildman–Crippen MR) is 98.4 cm³/mol. The summed E-state index contributed by atoms with van der Waals surface area (Å²) in [6, 6.07) is 3.22. The van der Waals surface area contributed by atoms with E-state index in [4.69, 9.17) is 0 Å². The lowest BCUT2D eigenvalue weighted by atomic mass is 9.60. The van der Waals surface area contributed by atoms with E-state index < -0.39 is 5.41 Å². The number of fused-ring (bicyclic) bond motifs is 3. The van der Waals surface area contributed by atoms with E-state index in [1.807, 2.05) is 6.92 Å². The normalized spacial score (nSPS) is 32.4. The SMILES string of the molecule is CCNc1cc(F)cc2c1C1NC1C(=O)C2(C)C1CCCCCCC1. The molecule has 0 radical (unpaired) electrons. The summed E-state index contributed by atoms with van der Waals surface area (Å²) in [5.41, 5.74) is 2.37. The van der Waals surface area contributed by atoms with Gasteiger partial charge in [-0.05, 0) is 55.9 Å². The summed E-state index contributed by atoms with van der Waals surface area (Å²) >= 11 is 0. The average Bonchev–Trinajstić information content (AvgIpc) is 3.32. The van der Waals surface area contributed by atoms with Gasteiger partial charge in [-0.15, -0.1) is 0 Å². The number of carbonyl (C=O) groups is 1. The molecule has 0 amide bonds. The molecule has 1 saturated carbocycles. The Hall–Kier alpha value is -1.42. The van der Waals surface area contributed by atoms with Gasteiger partial charge in [-0.2, -0.15) is 0 Å². The highest BCUT2D eigenvalue weighted by Crippen LogP contribution is 2.54. The van der Waals surface area contributed by atoms with Gasteiger partial charge in [-0.3, -0.25) is 10.1 Å². The van der Waals surface area contributed by atoms with Gasteiger partial charge in [0.15, 0.2) is 5.78 Å². The highest BCUT2D eigenvalue weighted by Gasteiger charge is 2.59. The van der Waals surface area contributed by atoms with Crippen molar-refractivity contribution in [2.24, 2.45) is 5.92 Å². The van der Waals surface area contributed by atoms with E-state index in [9.17, 15) is 9.18 Å². The third kappa shape index (κ3) is 2.69. The van der Waals surface area contributed by atoms with Crippen LogP contribution < -0.4 is 10.6 Å². The third-order valence-electron chi connectivity index (χ3n) is 6.68. The van der Waals surface area contributed by atoms with Crippen molar-refractivity contribution in [3.63, 3.8) is 0 Å². The van der Waals surface area contributed by atoms with Crippen LogP contribution in [0.5, 0.6) is 0 Å². The Kier molecular flexibility index (Phi) is 4.35. The number of ketones is 1. The van der Waals surface area contributed by atoms with Crippen molar-refractivity contribution in [3.05, 3.63) is 29.1 Å². The smallest absolute Gasteiger partial charge is 0.162 e. The molecular weight excluding hydrogens is 315 g/mol. The van der Waals surface area contributed by atoms with Crippen molar-refractivity contribution in [1.29, 1.82) is 0 Å². The first-order valence-corrected chi connectivity index (χ1v) is 9.95. The van der Waals surface area contributed by atoms with Gasteiger partial charge in [0.2, 0.25) is 0 Å². The molecule has 1 aliphatic heterocycles. The molecule has 3 nitrogen and oxygen atoms in total. The maximum Gasteiger partial charge on any atom is 0.162 e. The summed E-state index contributed by atoms with van der Waals surface area (Å²) in [7, 11) is 0. The van der Waals surface area contributed by atoms with E-state index in [0.717, 1.165) is 36.2 Å². The standard InChI is InChI=1S/C21H29FN2O/c1-3-23-16-12-14(22)11-15-17(16)18-19(24-18)20(25)21(15,2)13-9-7-5-4-6-8-10-13/h11-13,18-19,23-24H,3-10H2,1-2H3. The van der Waals surface area contributed by atoms with Crippen LogP contribution in [0.4, 0.5) is 10.1 Å². The van der Waals surface area contributed by atoms with Crippen molar-refractivity contribution in [3.8, 4) is 0 Å². The highest BCUT2D eigenvalue weighted by atomic mass is 19.1. The number of hydrogen-bond donors (Lipinski definition) is 2. The molecule has 2 fully saturated rings. The van der Waals surface area contributed by atoms with Gasteiger partial charge in [-0.1, -0.05) is 32.1 Å². The fraction of sp³-hybridized carbons (Fsp3) is 0.667. The molecule has 2 N–H and O–H groups in total. The molecule has 1 heterocycles. The minimum Gasteiger partial charge on any atom is -0.385 e. The second kappa shape index (κ2) is 6.39. The van der Waals surface area contributed by atoms with Crippen LogP contribution in [-0.2, 0) is 10.2 Å². The zero-order valence-electron chi connectivity index (χ0n) is 15.3. The molecule has 0 aromatic heterocycles. The third-order valence-corrected chi connectivity index (χ3v) is 6.68. The molecule has 25 heavy (non-hydrogen) atoms. The number of anilines is 1. The molecule has 3 atom stereocenters. The molecule has 4 heteroatoms. The van der Waals surface area contributed by atoms with Gasteiger partial charge < -0.3 is 5.32 Å². The fourth-order valence-electron chi connectivity index (χ4n) is 5.24. The van der Waals surface area contributed by atoms with Crippen LogP contribution in [0.15, 0.2) is 12.1 Å². The van der Waals surface area contributed by atoms with E-state index in [-0.39, 0.29) is 23.7 Å². The first kappa shape index (κ1) is 17.0. The molecule has 4 rings (SSSR count). The summed E-state index contributed by atoms with van der Waals surface area (Å²) in [5, 5.41) is 6.69. The molecular formula is C21H29FN2O. The van der Waals surface area contributed by atoms with Crippen molar-refractivity contribution < 1.29 is 9.18 Å². The van der Waals surface area contributed by atoms with Gasteiger partial charge in [0.25, 0.3) is 0 Å². The second-order valence-corrected chi connectivity index (χ2v) is 8.18. The topological polar surface area (TPSA) is 51.0 Å². The number of Topliss-reactive ketones (excluding diaryl/α,β-unsaturated/α-hetero) is 1. The number of benzene rings is 1. The summed E-state index contributed by atoms with van der Waals surface area (Å²) in [5.74, 6) is 0.362. The van der Waals surface area contributed by atoms with Crippen LogP contribution in [0.2, 0.25) is 0 Å². The quantitative estimate of drug-likeness (QED) is 0.795. The second-order valence-electron chi connectivity index (χ2n) is 8.18. The molecule has 3 unspecified atom stereocenters. The van der Waals surface area contributed by atoms with Crippen LogP contribution >= 0.6 is 0 Å². The molecule has 1 saturated heterocycles. The van der Waals surface area contributed by atoms with Crippen LogP contribution in [0.3, 0.4) is 0 Å². The molecule has 0 spiro atoms. The maximum absolute atomic E-state index is 14.4. The summed E-state index contributed by atoms with van der Waals surface area (Å²) in [4.78, 5) is 13.3. The minimum absolute atomic E-state index is 0.0683. The Morgan fingerprint density at radius 2 is 1.84 bits per heavy atom. The Bertz CT molecular complexity index is 681. The van der Waals surface area contributed by atoms with E-state index in [1.54, 1.807) is 12.1 Å². The average molecular weight is 344 g/mol. The molecule has 1 aromatic carbocycles. The fourth-order valence-corrected chi connectivity index (χ4v) is 5.24. The number of rotatable bonds is 3. The van der Waals surface area contributed by atoms with Gasteiger partial charge >= 0.3 is 0 Å². The largest absolute Gasteiger partial charge is 0.385 e. The highest BCUT2D eigenvalue weighted by molar-refractivity contribution is 6.01. The molecule has 0 bridgehead atoms. The van der Waals surface area contributed by atoms with Crippen molar-refractivity contribution in [2.75, 3.05) is 11.9 Å². The van der Waals surface area contributed by atoms with Crippen molar-refractivity contribution in [1.82, 2.24) is 5.32 Å². The van der Waals surface area contributed by atoms with Gasteiger partial charge in [0.1, 0.15) is 5.82 Å². The van der Waals surface area contributed by atoms with Gasteiger partial charge in [0.05, 0.1) is 17.5 Å². The predicted octanol–water partition coefficient (Wildman–Crippen LogP) is 4.47. The number of nitrogens with one attached hydrogen (secondary N) is 2. The Morgan fingerprint density at radius 3 is 2.52 bits per heavy atom. The van der Waals surface area contributed by atoms with Crippen LogP contribution in [0.1, 0.15) is 76.0 Å². The lowest BCUT2D eigenvalue weighted by molar-refractivity contribution is -0.126. The van der Waals surface area contributed by atoms with E-state index in [1.165, 1.54) is 32.1 Å². The lowest BCUT2D eigenvalue weighted by Gasteiger charge is -2.41. The zero-order valence-corrected chi connectivity index (χ0v) is 15.3. The molecule has 136 valence electrons. The Labute approximate surface area is 149 Å². The first-order valence-electron chi connectivity index (χ1n) is 9.95. The number of carbonyl (C=O) groups excluding carboxylic acids is 1. The molecule has 1 aromatic rings. The van der Waals surface area contributed by atoms with Gasteiger partial charge in [0, 0.05) is 12.2 Å². The van der Waals surface area contributed by atoms with Crippen LogP contribution in [0, 0.1) is 11.7 Å². The minimum atomic E-state index is -0.566. The van der Waals surface area contributed by atoms with E-state index >= 15 is 0 Å². The van der Waals surface area contributed by atoms with E-state index in [2.05, 4.69) is 17.6 Å². The van der Waals surface area contributed by atoms with Crippen molar-refractivity contribution in [2.45, 2.75) is 76.3 Å². The first-order chi connectivity index (χ1) is 12.1. The van der Waals surface area contributed by atoms with Crippen molar-refractivity contribution >= 4 is 11.5 Å². The number of hydrogen-bond acceptors (Lipinski definition) is 3. The Morgan fingerprint density at radius 1 is 1.16 bits per heavy atom. The number of halogens is 1. The molecule has 3 aliphatic rings. The Balaban J connectivity index is 1.82. The van der Waals surface area contributed by atoms with Crippen LogP contribution in [0.25, 0.3) is 0 Å². The monoisotopic (exact) mass is 344 g/mol. The zero-order chi connectivity index (χ0) is 17.6. The van der Waals surface area contributed by atoms with Crippen LogP contribution in [-0.4, -0.2) is 18.4 Å². The summed E-state index contributed by atoms with van der Waals surface area (Å²) < 4.78 is 14.4. The lowest BCUT2D eigenvalue weighted by Crippen LogP contribution is -2.46. The summed E-state index contributed by atoms with van der Waals surface area (Å²) in [6.07, 6.45) is 8.32. The maximum atomic E-state index is 14.4. The van der Waals surface area contributed by atoms with Gasteiger partial charge in [-0.25, -0.2) is 4.39 Å². The molecule has 2 aliphatic carbocycles. The summed E-state index contributed by atoms with van der Waals surface area (Å²) in [6.45, 7) is 4.87.